The zero-order valence-corrected chi connectivity index (χ0v) is 12.8. The molecule has 0 bridgehead atoms. The van der Waals surface area contributed by atoms with Crippen LogP contribution >= 0.6 is 0 Å². The molecule has 0 aliphatic rings. The molecular formula is C16H28N2O. The first-order valence-electron chi connectivity index (χ1n) is 7.10. The molecule has 19 heavy (non-hydrogen) atoms. The first kappa shape index (κ1) is 16.0. The molecule has 0 aliphatic heterocycles. The highest BCUT2D eigenvalue weighted by Crippen LogP contribution is 2.24. The molecule has 1 aromatic rings. The lowest BCUT2D eigenvalue weighted by atomic mass is 9.84. The Morgan fingerprint density at radius 1 is 1.05 bits per heavy atom. The van der Waals surface area contributed by atoms with E-state index in [-0.39, 0.29) is 5.41 Å². The van der Waals surface area contributed by atoms with Crippen molar-refractivity contribution >= 4 is 0 Å². The van der Waals surface area contributed by atoms with Gasteiger partial charge in [-0.05, 0) is 50.7 Å². The van der Waals surface area contributed by atoms with Crippen LogP contribution in [0, 0.1) is 0 Å². The molecule has 0 aromatic heterocycles. The fraction of sp³-hybridized carbons (Fsp3) is 0.625. The van der Waals surface area contributed by atoms with E-state index in [1.165, 1.54) is 18.4 Å². The number of ether oxygens (including phenoxy) is 1. The van der Waals surface area contributed by atoms with Crippen LogP contribution in [-0.2, 0) is 5.41 Å². The Kier molecular flexibility index (Phi) is 6.89. The van der Waals surface area contributed by atoms with Crippen LogP contribution < -0.4 is 15.4 Å². The Balaban J connectivity index is 2.37. The van der Waals surface area contributed by atoms with Crippen LogP contribution in [-0.4, -0.2) is 33.8 Å². The van der Waals surface area contributed by atoms with E-state index in [1.54, 1.807) is 7.11 Å². The minimum absolute atomic E-state index is 0.148. The summed E-state index contributed by atoms with van der Waals surface area (Å²) in [6.07, 6.45) is 2.45. The molecular weight excluding hydrogens is 236 g/mol. The Morgan fingerprint density at radius 2 is 1.68 bits per heavy atom. The molecule has 3 heteroatoms. The Hall–Kier alpha value is -1.06. The Labute approximate surface area is 117 Å². The topological polar surface area (TPSA) is 33.3 Å². The van der Waals surface area contributed by atoms with Gasteiger partial charge in [-0.2, -0.15) is 0 Å². The molecule has 0 heterocycles. The normalized spacial score (nSPS) is 11.6. The maximum atomic E-state index is 5.20. The predicted octanol–water partition coefficient (Wildman–Crippen LogP) is 2.56. The van der Waals surface area contributed by atoms with E-state index >= 15 is 0 Å². The second-order valence-electron chi connectivity index (χ2n) is 5.60. The van der Waals surface area contributed by atoms with Gasteiger partial charge in [0.2, 0.25) is 0 Å². The van der Waals surface area contributed by atoms with Gasteiger partial charge < -0.3 is 15.4 Å². The van der Waals surface area contributed by atoms with E-state index in [2.05, 4.69) is 36.6 Å². The zero-order chi connectivity index (χ0) is 14.1. The monoisotopic (exact) mass is 264 g/mol. The molecule has 0 amide bonds. The molecule has 0 unspecified atom stereocenters. The van der Waals surface area contributed by atoms with Crippen LogP contribution in [0.3, 0.4) is 0 Å². The molecule has 0 spiro atoms. The van der Waals surface area contributed by atoms with E-state index in [9.17, 15) is 0 Å². The third-order valence-electron chi connectivity index (χ3n) is 3.47. The van der Waals surface area contributed by atoms with Gasteiger partial charge in [0.05, 0.1) is 7.11 Å². The molecule has 1 aromatic carbocycles. The number of benzene rings is 1. The van der Waals surface area contributed by atoms with Crippen molar-refractivity contribution in [1.82, 2.24) is 10.6 Å². The summed E-state index contributed by atoms with van der Waals surface area (Å²) in [5.41, 5.74) is 1.49. The molecule has 0 saturated carbocycles. The Morgan fingerprint density at radius 3 is 2.26 bits per heavy atom. The average Bonchev–Trinajstić information content (AvgIpc) is 2.43. The van der Waals surface area contributed by atoms with E-state index in [0.717, 1.165) is 25.4 Å². The molecule has 1 rings (SSSR count). The smallest absolute Gasteiger partial charge is 0.118 e. The van der Waals surface area contributed by atoms with Gasteiger partial charge in [0.25, 0.3) is 0 Å². The first-order chi connectivity index (χ1) is 9.10. The van der Waals surface area contributed by atoms with Crippen molar-refractivity contribution < 1.29 is 4.74 Å². The number of nitrogens with one attached hydrogen (secondary N) is 2. The van der Waals surface area contributed by atoms with Gasteiger partial charge in [-0.1, -0.05) is 26.0 Å². The Bertz CT molecular complexity index is 346. The van der Waals surface area contributed by atoms with Crippen molar-refractivity contribution in [3.63, 3.8) is 0 Å². The number of hydrogen-bond donors (Lipinski definition) is 2. The maximum Gasteiger partial charge on any atom is 0.118 e. The molecule has 0 saturated heterocycles. The minimum atomic E-state index is 0.148. The first-order valence-corrected chi connectivity index (χ1v) is 7.10. The lowest BCUT2D eigenvalue weighted by molar-refractivity contribution is 0.413. The average molecular weight is 264 g/mol. The summed E-state index contributed by atoms with van der Waals surface area (Å²) in [5.74, 6) is 0.916. The van der Waals surface area contributed by atoms with Crippen LogP contribution in [0.25, 0.3) is 0 Å². The van der Waals surface area contributed by atoms with Gasteiger partial charge in [-0.3, -0.25) is 0 Å². The lowest BCUT2D eigenvalue weighted by Gasteiger charge is -2.26. The molecule has 0 fully saturated rings. The molecule has 0 atom stereocenters. The molecule has 108 valence electrons. The summed E-state index contributed by atoms with van der Waals surface area (Å²) in [6.45, 7) is 7.73. The van der Waals surface area contributed by atoms with E-state index in [4.69, 9.17) is 4.74 Å². The largest absolute Gasteiger partial charge is 0.497 e. The third-order valence-corrected chi connectivity index (χ3v) is 3.47. The van der Waals surface area contributed by atoms with Crippen molar-refractivity contribution in [3.8, 4) is 5.75 Å². The fourth-order valence-electron chi connectivity index (χ4n) is 2.10. The maximum absolute atomic E-state index is 5.20. The van der Waals surface area contributed by atoms with Crippen molar-refractivity contribution in [3.05, 3.63) is 29.8 Å². The standard InChI is InChI=1S/C16H28N2O/c1-16(2,13-18-12-6-5-11-17-3)14-7-9-15(19-4)10-8-14/h7-10,17-18H,5-6,11-13H2,1-4H3. The van der Waals surface area contributed by atoms with Crippen molar-refractivity contribution in [1.29, 1.82) is 0 Å². The van der Waals surface area contributed by atoms with Gasteiger partial charge in [-0.15, -0.1) is 0 Å². The van der Waals surface area contributed by atoms with Crippen LogP contribution in [0.15, 0.2) is 24.3 Å². The van der Waals surface area contributed by atoms with E-state index in [1.807, 2.05) is 19.2 Å². The van der Waals surface area contributed by atoms with E-state index in [0.29, 0.717) is 0 Å². The van der Waals surface area contributed by atoms with Crippen LogP contribution in [0.5, 0.6) is 5.75 Å². The minimum Gasteiger partial charge on any atom is -0.497 e. The number of rotatable bonds is 9. The van der Waals surface area contributed by atoms with Crippen LogP contribution in [0.2, 0.25) is 0 Å². The summed E-state index contributed by atoms with van der Waals surface area (Å²) in [7, 11) is 3.70. The van der Waals surface area contributed by atoms with Crippen molar-refractivity contribution in [2.24, 2.45) is 0 Å². The summed E-state index contributed by atoms with van der Waals surface area (Å²) < 4.78 is 5.20. The molecule has 3 nitrogen and oxygen atoms in total. The second kappa shape index (κ2) is 8.18. The lowest BCUT2D eigenvalue weighted by Crippen LogP contribution is -2.33. The van der Waals surface area contributed by atoms with Gasteiger partial charge in [0.15, 0.2) is 0 Å². The fourth-order valence-corrected chi connectivity index (χ4v) is 2.10. The van der Waals surface area contributed by atoms with Gasteiger partial charge in [-0.25, -0.2) is 0 Å². The molecule has 0 aliphatic carbocycles. The second-order valence-corrected chi connectivity index (χ2v) is 5.60. The summed E-state index contributed by atoms with van der Waals surface area (Å²) in [6, 6.07) is 8.37. The van der Waals surface area contributed by atoms with E-state index < -0.39 is 0 Å². The van der Waals surface area contributed by atoms with Crippen LogP contribution in [0.4, 0.5) is 0 Å². The van der Waals surface area contributed by atoms with Crippen molar-refractivity contribution in [2.45, 2.75) is 32.1 Å². The summed E-state index contributed by atoms with van der Waals surface area (Å²) in [4.78, 5) is 0. The number of methoxy groups -OCH3 is 1. The summed E-state index contributed by atoms with van der Waals surface area (Å²) >= 11 is 0. The van der Waals surface area contributed by atoms with Gasteiger partial charge in [0, 0.05) is 12.0 Å². The highest BCUT2D eigenvalue weighted by molar-refractivity contribution is 5.31. The molecule has 2 N–H and O–H groups in total. The van der Waals surface area contributed by atoms with Gasteiger partial charge >= 0.3 is 0 Å². The summed E-state index contributed by atoms with van der Waals surface area (Å²) in [5, 5.41) is 6.72. The predicted molar refractivity (Wildman–Crippen MR) is 82.1 cm³/mol. The van der Waals surface area contributed by atoms with Gasteiger partial charge in [0.1, 0.15) is 5.75 Å². The highest BCUT2D eigenvalue weighted by Gasteiger charge is 2.19. The molecule has 0 radical (unpaired) electrons. The number of hydrogen-bond acceptors (Lipinski definition) is 3. The highest BCUT2D eigenvalue weighted by atomic mass is 16.5. The van der Waals surface area contributed by atoms with Crippen molar-refractivity contribution in [2.75, 3.05) is 33.8 Å². The SMILES string of the molecule is CNCCCCNCC(C)(C)c1ccc(OC)cc1. The number of unbranched alkanes of at least 4 members (excludes halogenated alkanes) is 1. The quantitative estimate of drug-likeness (QED) is 0.673. The van der Waals surface area contributed by atoms with Crippen LogP contribution in [0.1, 0.15) is 32.3 Å². The zero-order valence-electron chi connectivity index (χ0n) is 12.8. The third kappa shape index (κ3) is 5.62.